The van der Waals surface area contributed by atoms with Crippen molar-refractivity contribution < 1.29 is 9.53 Å². The molecule has 1 N–H and O–H groups in total. The van der Waals surface area contributed by atoms with Gasteiger partial charge in [0.05, 0.1) is 13.2 Å². The SMILES string of the molecule is CCC(Cl)CCNC(=O)c1ccc2c(c1)COC2. The largest absolute Gasteiger partial charge is 0.372 e. The van der Waals surface area contributed by atoms with Crippen LogP contribution in [0.25, 0.3) is 0 Å². The van der Waals surface area contributed by atoms with E-state index in [1.165, 1.54) is 5.56 Å². The Morgan fingerprint density at radius 3 is 3.00 bits per heavy atom. The summed E-state index contributed by atoms with van der Waals surface area (Å²) >= 11 is 6.00. The van der Waals surface area contributed by atoms with Crippen LogP contribution in [0.15, 0.2) is 18.2 Å². The third kappa shape index (κ3) is 3.24. The molecule has 1 aromatic carbocycles. The molecule has 3 nitrogen and oxygen atoms in total. The highest BCUT2D eigenvalue weighted by Crippen LogP contribution is 2.20. The molecule has 18 heavy (non-hydrogen) atoms. The van der Waals surface area contributed by atoms with Crippen LogP contribution in [0, 0.1) is 0 Å². The van der Waals surface area contributed by atoms with Crippen LogP contribution in [0.3, 0.4) is 0 Å². The Bertz CT molecular complexity index is 434. The molecule has 0 radical (unpaired) electrons. The van der Waals surface area contributed by atoms with E-state index in [1.807, 2.05) is 25.1 Å². The van der Waals surface area contributed by atoms with Gasteiger partial charge >= 0.3 is 0 Å². The highest BCUT2D eigenvalue weighted by Gasteiger charge is 2.14. The summed E-state index contributed by atoms with van der Waals surface area (Å²) in [6, 6.07) is 5.73. The summed E-state index contributed by atoms with van der Waals surface area (Å²) in [5.41, 5.74) is 2.99. The van der Waals surface area contributed by atoms with Crippen molar-refractivity contribution in [3.05, 3.63) is 34.9 Å². The second kappa shape index (κ2) is 6.21. The molecule has 1 atom stereocenters. The minimum atomic E-state index is -0.0373. The van der Waals surface area contributed by atoms with Gasteiger partial charge in [0.25, 0.3) is 5.91 Å². The fourth-order valence-electron chi connectivity index (χ4n) is 1.96. The first-order chi connectivity index (χ1) is 8.70. The third-order valence-electron chi connectivity index (χ3n) is 3.17. The zero-order chi connectivity index (χ0) is 13.0. The van der Waals surface area contributed by atoms with Gasteiger partial charge in [-0.2, -0.15) is 0 Å². The molecule has 2 rings (SSSR count). The van der Waals surface area contributed by atoms with Gasteiger partial charge in [0.15, 0.2) is 0 Å². The number of carbonyl (C=O) groups excluding carboxylic acids is 1. The van der Waals surface area contributed by atoms with Crippen LogP contribution in [0.4, 0.5) is 0 Å². The second-order valence-electron chi connectivity index (χ2n) is 4.53. The maximum absolute atomic E-state index is 11.9. The molecule has 1 unspecified atom stereocenters. The standard InChI is InChI=1S/C14H18ClNO2/c1-2-13(15)5-6-16-14(17)10-3-4-11-8-18-9-12(11)7-10/h3-4,7,13H,2,5-6,8-9H2,1H3,(H,16,17). The molecule has 0 fully saturated rings. The molecule has 1 aromatic rings. The maximum Gasteiger partial charge on any atom is 0.251 e. The summed E-state index contributed by atoms with van der Waals surface area (Å²) in [6.45, 7) is 3.92. The van der Waals surface area contributed by atoms with Gasteiger partial charge in [-0.25, -0.2) is 0 Å². The minimum Gasteiger partial charge on any atom is -0.372 e. The molecule has 0 aliphatic carbocycles. The van der Waals surface area contributed by atoms with Gasteiger partial charge in [0.1, 0.15) is 0 Å². The summed E-state index contributed by atoms with van der Waals surface area (Å²) in [6.07, 6.45) is 1.73. The highest BCUT2D eigenvalue weighted by molar-refractivity contribution is 6.20. The summed E-state index contributed by atoms with van der Waals surface area (Å²) in [4.78, 5) is 11.9. The highest BCUT2D eigenvalue weighted by atomic mass is 35.5. The predicted molar refractivity (Wildman–Crippen MR) is 71.8 cm³/mol. The molecule has 4 heteroatoms. The number of amides is 1. The lowest BCUT2D eigenvalue weighted by Crippen LogP contribution is -2.26. The summed E-state index contributed by atoms with van der Waals surface area (Å²) in [5.74, 6) is -0.0373. The lowest BCUT2D eigenvalue weighted by atomic mass is 10.1. The quantitative estimate of drug-likeness (QED) is 0.833. The van der Waals surface area contributed by atoms with Gasteiger partial charge in [-0.15, -0.1) is 11.6 Å². The van der Waals surface area contributed by atoms with Crippen LogP contribution in [-0.4, -0.2) is 17.8 Å². The molecule has 0 saturated heterocycles. The van der Waals surface area contributed by atoms with Crippen molar-refractivity contribution in [3.8, 4) is 0 Å². The van der Waals surface area contributed by atoms with Crippen molar-refractivity contribution in [1.29, 1.82) is 0 Å². The third-order valence-corrected chi connectivity index (χ3v) is 3.70. The van der Waals surface area contributed by atoms with E-state index in [0.29, 0.717) is 25.3 Å². The van der Waals surface area contributed by atoms with Crippen LogP contribution < -0.4 is 5.32 Å². The van der Waals surface area contributed by atoms with Crippen molar-refractivity contribution in [2.24, 2.45) is 0 Å². The van der Waals surface area contributed by atoms with Gasteiger partial charge in [-0.3, -0.25) is 4.79 Å². The molecular formula is C14H18ClNO2. The number of fused-ring (bicyclic) bond motifs is 1. The van der Waals surface area contributed by atoms with Crippen LogP contribution in [-0.2, 0) is 18.0 Å². The minimum absolute atomic E-state index is 0.0373. The molecule has 0 aromatic heterocycles. The van der Waals surface area contributed by atoms with E-state index in [0.717, 1.165) is 18.4 Å². The normalized spacial score (nSPS) is 15.2. The number of rotatable bonds is 5. The Labute approximate surface area is 112 Å². The fraction of sp³-hybridized carbons (Fsp3) is 0.500. The van der Waals surface area contributed by atoms with Gasteiger partial charge in [-0.1, -0.05) is 13.0 Å². The molecule has 1 aliphatic rings. The van der Waals surface area contributed by atoms with Crippen LogP contribution in [0.5, 0.6) is 0 Å². The van der Waals surface area contributed by atoms with Gasteiger partial charge < -0.3 is 10.1 Å². The Morgan fingerprint density at radius 1 is 1.44 bits per heavy atom. The number of alkyl halides is 1. The zero-order valence-electron chi connectivity index (χ0n) is 10.5. The molecule has 98 valence electrons. The number of hydrogen-bond donors (Lipinski definition) is 1. The van der Waals surface area contributed by atoms with Crippen molar-refractivity contribution in [2.45, 2.75) is 38.4 Å². The number of halogens is 1. The Balaban J connectivity index is 1.89. The molecule has 0 spiro atoms. The summed E-state index contributed by atoms with van der Waals surface area (Å²) < 4.78 is 5.33. The van der Waals surface area contributed by atoms with E-state index < -0.39 is 0 Å². The van der Waals surface area contributed by atoms with E-state index in [-0.39, 0.29) is 11.3 Å². The Morgan fingerprint density at radius 2 is 2.22 bits per heavy atom. The van der Waals surface area contributed by atoms with E-state index in [2.05, 4.69) is 5.32 Å². The molecule has 1 heterocycles. The zero-order valence-corrected chi connectivity index (χ0v) is 11.3. The van der Waals surface area contributed by atoms with E-state index >= 15 is 0 Å². The molecule has 1 amide bonds. The van der Waals surface area contributed by atoms with Crippen molar-refractivity contribution in [1.82, 2.24) is 5.32 Å². The van der Waals surface area contributed by atoms with Crippen LogP contribution >= 0.6 is 11.6 Å². The van der Waals surface area contributed by atoms with Crippen molar-refractivity contribution in [3.63, 3.8) is 0 Å². The lowest BCUT2D eigenvalue weighted by Gasteiger charge is -2.08. The number of carbonyl (C=O) groups is 1. The number of benzene rings is 1. The van der Waals surface area contributed by atoms with Crippen molar-refractivity contribution in [2.75, 3.05) is 6.54 Å². The summed E-state index contributed by atoms with van der Waals surface area (Å²) in [7, 11) is 0. The van der Waals surface area contributed by atoms with E-state index in [9.17, 15) is 4.79 Å². The van der Waals surface area contributed by atoms with Gasteiger partial charge in [0.2, 0.25) is 0 Å². The fourth-order valence-corrected chi connectivity index (χ4v) is 2.07. The monoisotopic (exact) mass is 267 g/mol. The topological polar surface area (TPSA) is 38.3 Å². The van der Waals surface area contributed by atoms with Gasteiger partial charge in [-0.05, 0) is 36.1 Å². The second-order valence-corrected chi connectivity index (χ2v) is 5.14. The Kier molecular flexibility index (Phi) is 4.61. The average Bonchev–Trinajstić information content (AvgIpc) is 2.85. The first-order valence-corrected chi connectivity index (χ1v) is 6.76. The van der Waals surface area contributed by atoms with E-state index in [1.54, 1.807) is 0 Å². The first kappa shape index (κ1) is 13.4. The van der Waals surface area contributed by atoms with Crippen molar-refractivity contribution >= 4 is 17.5 Å². The first-order valence-electron chi connectivity index (χ1n) is 6.32. The molecule has 0 saturated carbocycles. The molecule has 1 aliphatic heterocycles. The van der Waals surface area contributed by atoms with Crippen LogP contribution in [0.1, 0.15) is 41.3 Å². The number of hydrogen-bond acceptors (Lipinski definition) is 2. The summed E-state index contributed by atoms with van der Waals surface area (Å²) in [5, 5.41) is 3.03. The maximum atomic E-state index is 11.9. The molecule has 0 bridgehead atoms. The average molecular weight is 268 g/mol. The van der Waals surface area contributed by atoms with Gasteiger partial charge in [0, 0.05) is 17.5 Å². The van der Waals surface area contributed by atoms with Crippen LogP contribution in [0.2, 0.25) is 0 Å². The lowest BCUT2D eigenvalue weighted by molar-refractivity contribution is 0.0953. The number of nitrogens with one attached hydrogen (secondary N) is 1. The number of ether oxygens (including phenoxy) is 1. The Hall–Kier alpha value is -1.06. The van der Waals surface area contributed by atoms with E-state index in [4.69, 9.17) is 16.3 Å². The smallest absolute Gasteiger partial charge is 0.251 e. The molecular weight excluding hydrogens is 250 g/mol. The predicted octanol–water partition coefficient (Wildman–Crippen LogP) is 2.85.